The van der Waals surface area contributed by atoms with Gasteiger partial charge in [0.1, 0.15) is 0 Å². The number of thiophene rings is 1. The first kappa shape index (κ1) is 17.1. The molecule has 0 aliphatic rings. The fourth-order valence-electron chi connectivity index (χ4n) is 2.15. The average molecular weight is 339 g/mol. The molecule has 1 N–H and O–H groups in total. The molecule has 0 spiro atoms. The van der Waals surface area contributed by atoms with Crippen LogP contribution in [0.1, 0.15) is 24.4 Å². The van der Waals surface area contributed by atoms with Gasteiger partial charge in [-0.25, -0.2) is 4.98 Å². The lowest BCUT2D eigenvalue weighted by Gasteiger charge is -2.18. The second-order valence-corrected chi connectivity index (χ2v) is 6.69. The van der Waals surface area contributed by atoms with Crippen LogP contribution in [0.15, 0.2) is 28.9 Å². The summed E-state index contributed by atoms with van der Waals surface area (Å²) < 4.78 is 1.98. The van der Waals surface area contributed by atoms with Gasteiger partial charge in [-0.1, -0.05) is 17.8 Å². The highest BCUT2D eigenvalue weighted by Crippen LogP contribution is 2.22. The third kappa shape index (κ3) is 4.12. The number of rotatable bonds is 8. The zero-order chi connectivity index (χ0) is 15.9. The van der Waals surface area contributed by atoms with Crippen LogP contribution in [0.4, 0.5) is 0 Å². The Kier molecular flexibility index (Phi) is 6.48. The molecule has 0 fully saturated rings. The Labute approximate surface area is 139 Å². The van der Waals surface area contributed by atoms with Gasteiger partial charge in [0.15, 0.2) is 5.16 Å². The van der Waals surface area contributed by atoms with Gasteiger partial charge in [0.25, 0.3) is 0 Å². The number of hydrogen-bond acceptors (Lipinski definition) is 5. The lowest BCUT2D eigenvalue weighted by molar-refractivity contribution is -0.127. The van der Waals surface area contributed by atoms with Crippen molar-refractivity contribution in [1.82, 2.24) is 14.5 Å². The van der Waals surface area contributed by atoms with E-state index in [9.17, 15) is 9.90 Å². The number of aliphatic hydroxyl groups excluding tert-OH is 1. The van der Waals surface area contributed by atoms with E-state index < -0.39 is 0 Å². The molecule has 0 radical (unpaired) electrons. The van der Waals surface area contributed by atoms with Crippen molar-refractivity contribution in [2.24, 2.45) is 0 Å². The quantitative estimate of drug-likeness (QED) is 0.751. The lowest BCUT2D eigenvalue weighted by Crippen LogP contribution is -2.31. The van der Waals surface area contributed by atoms with E-state index in [0.29, 0.717) is 12.3 Å². The van der Waals surface area contributed by atoms with E-state index in [0.717, 1.165) is 23.9 Å². The van der Waals surface area contributed by atoms with Gasteiger partial charge in [0, 0.05) is 18.0 Å². The maximum Gasteiger partial charge on any atom is 0.233 e. The summed E-state index contributed by atoms with van der Waals surface area (Å²) in [6.45, 7) is 6.03. The van der Waals surface area contributed by atoms with E-state index in [1.165, 1.54) is 16.6 Å². The minimum absolute atomic E-state index is 0.0527. The molecule has 2 rings (SSSR count). The largest absolute Gasteiger partial charge is 0.390 e. The van der Waals surface area contributed by atoms with Crippen molar-refractivity contribution < 1.29 is 9.90 Å². The molecule has 0 aromatic carbocycles. The smallest absolute Gasteiger partial charge is 0.233 e. The number of aliphatic hydroxyl groups is 1. The number of carbonyl (C=O) groups is 1. The fraction of sp³-hybridized carbons (Fsp3) is 0.467. The Balaban J connectivity index is 2.07. The number of amides is 1. The maximum atomic E-state index is 12.1. The van der Waals surface area contributed by atoms with E-state index in [4.69, 9.17) is 0 Å². The number of thioether (sulfide) groups is 1. The topological polar surface area (TPSA) is 58.4 Å². The minimum atomic E-state index is -0.0527. The zero-order valence-electron chi connectivity index (χ0n) is 12.9. The fourth-order valence-corrected chi connectivity index (χ4v) is 3.75. The van der Waals surface area contributed by atoms with E-state index >= 15 is 0 Å². The van der Waals surface area contributed by atoms with E-state index in [-0.39, 0.29) is 12.5 Å². The van der Waals surface area contributed by atoms with Gasteiger partial charge < -0.3 is 14.6 Å². The van der Waals surface area contributed by atoms with Crippen LogP contribution in [0.25, 0.3) is 0 Å². The lowest BCUT2D eigenvalue weighted by atomic mass is 10.4. The molecule has 5 nitrogen and oxygen atoms in total. The Bertz CT molecular complexity index is 592. The van der Waals surface area contributed by atoms with Crippen molar-refractivity contribution in [1.29, 1.82) is 0 Å². The Morgan fingerprint density at radius 2 is 2.23 bits per heavy atom. The van der Waals surface area contributed by atoms with Crippen molar-refractivity contribution in [3.8, 4) is 0 Å². The van der Waals surface area contributed by atoms with Crippen LogP contribution < -0.4 is 0 Å². The van der Waals surface area contributed by atoms with Crippen molar-refractivity contribution in [2.45, 2.75) is 32.2 Å². The number of carbonyl (C=O) groups excluding carboxylic acids is 1. The first-order valence-electron chi connectivity index (χ1n) is 7.27. The summed E-state index contributed by atoms with van der Waals surface area (Å²) in [4.78, 5) is 19.5. The second kappa shape index (κ2) is 8.36. The highest BCUT2D eigenvalue weighted by Gasteiger charge is 2.15. The summed E-state index contributed by atoms with van der Waals surface area (Å²) in [7, 11) is 0. The summed E-state index contributed by atoms with van der Waals surface area (Å²) in [5.74, 6) is 0.486. The maximum absolute atomic E-state index is 12.1. The Hall–Kier alpha value is -1.31. The summed E-state index contributed by atoms with van der Waals surface area (Å²) in [5.41, 5.74) is 0.770. The summed E-state index contributed by atoms with van der Waals surface area (Å²) in [6.07, 6.45) is 1.68. The minimum Gasteiger partial charge on any atom is -0.390 e. The molecule has 0 saturated heterocycles. The highest BCUT2D eigenvalue weighted by molar-refractivity contribution is 7.99. The van der Waals surface area contributed by atoms with Gasteiger partial charge in [-0.3, -0.25) is 4.79 Å². The molecular weight excluding hydrogens is 318 g/mol. The molecule has 22 heavy (non-hydrogen) atoms. The molecule has 0 saturated carbocycles. The number of nitrogens with zero attached hydrogens (tertiary/aromatic N) is 3. The molecule has 0 bridgehead atoms. The third-order valence-corrected chi connectivity index (χ3v) is 5.23. The molecule has 2 aromatic heterocycles. The first-order valence-corrected chi connectivity index (χ1v) is 9.14. The van der Waals surface area contributed by atoms with Crippen molar-refractivity contribution >= 4 is 29.0 Å². The highest BCUT2D eigenvalue weighted by atomic mass is 32.2. The summed E-state index contributed by atoms with van der Waals surface area (Å²) in [6, 6.07) is 4.06. The average Bonchev–Trinajstić information content (AvgIpc) is 3.17. The van der Waals surface area contributed by atoms with Crippen LogP contribution in [0, 0.1) is 0 Å². The molecule has 0 atom stereocenters. The van der Waals surface area contributed by atoms with Gasteiger partial charge in [-0.2, -0.15) is 0 Å². The molecule has 0 unspecified atom stereocenters. The standard InChI is InChI=1S/C15H21N3O2S2/c1-3-17(4-2)14(20)11-22-15-16-8-12(10-19)18(15)9-13-6-5-7-21-13/h5-8,19H,3-4,9-11H2,1-2H3. The van der Waals surface area contributed by atoms with E-state index in [1.807, 2.05) is 34.8 Å². The molecule has 2 aromatic rings. The van der Waals surface area contributed by atoms with Crippen LogP contribution in [0.2, 0.25) is 0 Å². The monoisotopic (exact) mass is 339 g/mol. The Morgan fingerprint density at radius 1 is 1.45 bits per heavy atom. The second-order valence-electron chi connectivity index (χ2n) is 4.71. The van der Waals surface area contributed by atoms with E-state index in [1.54, 1.807) is 17.5 Å². The normalized spacial score (nSPS) is 10.9. The van der Waals surface area contributed by atoms with Crippen LogP contribution in [0.3, 0.4) is 0 Å². The molecule has 0 aliphatic carbocycles. The number of hydrogen-bond donors (Lipinski definition) is 1. The third-order valence-electron chi connectivity index (χ3n) is 3.40. The first-order chi connectivity index (χ1) is 10.7. The van der Waals surface area contributed by atoms with Gasteiger partial charge in [-0.05, 0) is 25.3 Å². The van der Waals surface area contributed by atoms with Gasteiger partial charge in [0.05, 0.1) is 30.8 Å². The van der Waals surface area contributed by atoms with Gasteiger partial charge in [0.2, 0.25) is 5.91 Å². The van der Waals surface area contributed by atoms with Crippen LogP contribution >= 0.6 is 23.1 Å². The molecule has 1 amide bonds. The summed E-state index contributed by atoms with van der Waals surface area (Å²) in [5, 5.41) is 12.3. The number of imidazole rings is 1. The predicted molar refractivity (Wildman–Crippen MR) is 90.2 cm³/mol. The predicted octanol–water partition coefficient (Wildman–Crippen LogP) is 2.45. The molecule has 2 heterocycles. The zero-order valence-corrected chi connectivity index (χ0v) is 14.5. The van der Waals surface area contributed by atoms with Crippen molar-refractivity contribution in [3.05, 3.63) is 34.3 Å². The van der Waals surface area contributed by atoms with Crippen LogP contribution in [-0.2, 0) is 17.9 Å². The van der Waals surface area contributed by atoms with E-state index in [2.05, 4.69) is 11.1 Å². The van der Waals surface area contributed by atoms with Crippen LogP contribution in [0.5, 0.6) is 0 Å². The summed E-state index contributed by atoms with van der Waals surface area (Å²) >= 11 is 3.10. The number of aromatic nitrogens is 2. The molecule has 0 aliphatic heterocycles. The van der Waals surface area contributed by atoms with Crippen molar-refractivity contribution in [2.75, 3.05) is 18.8 Å². The van der Waals surface area contributed by atoms with Gasteiger partial charge >= 0.3 is 0 Å². The Morgan fingerprint density at radius 3 is 2.82 bits per heavy atom. The van der Waals surface area contributed by atoms with Crippen LogP contribution in [-0.4, -0.2) is 44.3 Å². The van der Waals surface area contributed by atoms with Crippen molar-refractivity contribution in [3.63, 3.8) is 0 Å². The molecule has 7 heteroatoms. The molecular formula is C15H21N3O2S2. The SMILES string of the molecule is CCN(CC)C(=O)CSc1ncc(CO)n1Cc1cccs1. The molecule has 120 valence electrons. The van der Waals surface area contributed by atoms with Gasteiger partial charge in [-0.15, -0.1) is 11.3 Å².